The van der Waals surface area contributed by atoms with Gasteiger partial charge in [-0.3, -0.25) is 4.98 Å². The van der Waals surface area contributed by atoms with Gasteiger partial charge < -0.3 is 10.5 Å². The molecule has 0 saturated heterocycles. The Morgan fingerprint density at radius 2 is 2.12 bits per heavy atom. The van der Waals surface area contributed by atoms with Gasteiger partial charge in [0.15, 0.2) is 0 Å². The van der Waals surface area contributed by atoms with E-state index in [2.05, 4.69) is 11.1 Å². The maximum atomic E-state index is 6.22. The summed E-state index contributed by atoms with van der Waals surface area (Å²) in [7, 11) is 1.72. The highest BCUT2D eigenvalue weighted by molar-refractivity contribution is 5.82. The summed E-state index contributed by atoms with van der Waals surface area (Å²) < 4.78 is 5.05. The highest BCUT2D eigenvalue weighted by atomic mass is 16.5. The summed E-state index contributed by atoms with van der Waals surface area (Å²) in [5, 5.41) is 1.15. The van der Waals surface area contributed by atoms with Crippen LogP contribution in [0.2, 0.25) is 0 Å². The van der Waals surface area contributed by atoms with Crippen LogP contribution in [0.25, 0.3) is 10.9 Å². The van der Waals surface area contributed by atoms with Crippen LogP contribution in [0.4, 0.5) is 0 Å². The van der Waals surface area contributed by atoms with E-state index in [4.69, 9.17) is 10.5 Å². The number of fused-ring (bicyclic) bond motifs is 1. The highest BCUT2D eigenvalue weighted by Gasteiger charge is 2.09. The fraction of sp³-hybridized carbons (Fsp3) is 0.357. The third kappa shape index (κ3) is 2.81. The maximum absolute atomic E-state index is 6.22. The Labute approximate surface area is 102 Å². The fourth-order valence-electron chi connectivity index (χ4n) is 2.04. The lowest BCUT2D eigenvalue weighted by atomic mass is 9.99. The first-order chi connectivity index (χ1) is 8.33. The van der Waals surface area contributed by atoms with Crippen LogP contribution in [0.1, 0.15) is 24.4 Å². The van der Waals surface area contributed by atoms with Crippen molar-refractivity contribution in [1.29, 1.82) is 0 Å². The summed E-state index contributed by atoms with van der Waals surface area (Å²) in [6, 6.07) is 10.2. The molecular formula is C14H18N2O. The van der Waals surface area contributed by atoms with E-state index < -0.39 is 0 Å². The number of ether oxygens (including phenoxy) is 1. The number of pyridine rings is 1. The second-order valence-corrected chi connectivity index (χ2v) is 4.16. The molecule has 0 aliphatic carbocycles. The molecule has 1 aromatic carbocycles. The molecule has 0 fully saturated rings. The molecule has 0 amide bonds. The number of methoxy groups -OCH3 is 1. The molecule has 1 aromatic heterocycles. The smallest absolute Gasteiger partial charge is 0.0705 e. The first-order valence-electron chi connectivity index (χ1n) is 5.91. The Hall–Kier alpha value is -1.45. The van der Waals surface area contributed by atoms with Crippen molar-refractivity contribution in [3.8, 4) is 0 Å². The molecule has 1 atom stereocenters. The van der Waals surface area contributed by atoms with Crippen molar-refractivity contribution in [2.75, 3.05) is 13.7 Å². The van der Waals surface area contributed by atoms with Gasteiger partial charge in [-0.05, 0) is 30.5 Å². The number of rotatable bonds is 5. The summed E-state index contributed by atoms with van der Waals surface area (Å²) in [4.78, 5) is 4.34. The van der Waals surface area contributed by atoms with Crippen molar-refractivity contribution in [3.63, 3.8) is 0 Å². The van der Waals surface area contributed by atoms with Gasteiger partial charge in [-0.2, -0.15) is 0 Å². The molecule has 0 radical (unpaired) electrons. The van der Waals surface area contributed by atoms with Crippen molar-refractivity contribution in [2.24, 2.45) is 5.73 Å². The summed E-state index contributed by atoms with van der Waals surface area (Å²) in [6.07, 6.45) is 3.74. The first-order valence-corrected chi connectivity index (χ1v) is 5.91. The van der Waals surface area contributed by atoms with Crippen LogP contribution in [0.5, 0.6) is 0 Å². The van der Waals surface area contributed by atoms with Crippen LogP contribution >= 0.6 is 0 Å². The normalized spacial score (nSPS) is 12.8. The van der Waals surface area contributed by atoms with Gasteiger partial charge >= 0.3 is 0 Å². The summed E-state index contributed by atoms with van der Waals surface area (Å²) in [5.41, 5.74) is 8.40. The lowest BCUT2D eigenvalue weighted by molar-refractivity contribution is 0.190. The molecule has 17 heavy (non-hydrogen) atoms. The first kappa shape index (κ1) is 12.0. The third-order valence-electron chi connectivity index (χ3n) is 2.95. The topological polar surface area (TPSA) is 48.1 Å². The molecule has 0 spiro atoms. The Bertz CT molecular complexity index is 479. The summed E-state index contributed by atoms with van der Waals surface area (Å²) in [6.45, 7) is 0.761. The predicted octanol–water partition coefficient (Wildman–Crippen LogP) is 2.66. The van der Waals surface area contributed by atoms with Gasteiger partial charge in [0.1, 0.15) is 0 Å². The fourth-order valence-corrected chi connectivity index (χ4v) is 2.04. The largest absolute Gasteiger partial charge is 0.385 e. The lowest BCUT2D eigenvalue weighted by Crippen LogP contribution is -2.11. The number of nitrogens with two attached hydrogens (primary N) is 1. The van der Waals surface area contributed by atoms with Gasteiger partial charge in [0.05, 0.1) is 5.52 Å². The zero-order chi connectivity index (χ0) is 12.1. The van der Waals surface area contributed by atoms with Crippen molar-refractivity contribution in [2.45, 2.75) is 18.9 Å². The van der Waals surface area contributed by atoms with Gasteiger partial charge in [0.2, 0.25) is 0 Å². The summed E-state index contributed by atoms with van der Waals surface area (Å²) in [5.74, 6) is 0. The second-order valence-electron chi connectivity index (χ2n) is 4.16. The molecule has 0 aliphatic rings. The predicted molar refractivity (Wildman–Crippen MR) is 69.8 cm³/mol. The van der Waals surface area contributed by atoms with Gasteiger partial charge in [0, 0.05) is 31.3 Å². The zero-order valence-electron chi connectivity index (χ0n) is 10.1. The third-order valence-corrected chi connectivity index (χ3v) is 2.95. The number of hydrogen-bond donors (Lipinski definition) is 1. The van der Waals surface area contributed by atoms with E-state index in [9.17, 15) is 0 Å². The lowest BCUT2D eigenvalue weighted by Gasteiger charge is -2.14. The van der Waals surface area contributed by atoms with E-state index >= 15 is 0 Å². The van der Waals surface area contributed by atoms with E-state index in [-0.39, 0.29) is 6.04 Å². The average molecular weight is 230 g/mol. The molecule has 0 aliphatic heterocycles. The molecule has 3 nitrogen and oxygen atoms in total. The van der Waals surface area contributed by atoms with Crippen LogP contribution in [0, 0.1) is 0 Å². The molecule has 1 heterocycles. The van der Waals surface area contributed by atoms with Gasteiger partial charge in [-0.25, -0.2) is 0 Å². The van der Waals surface area contributed by atoms with E-state index in [0.717, 1.165) is 30.4 Å². The Kier molecular flexibility index (Phi) is 4.07. The van der Waals surface area contributed by atoms with E-state index in [1.807, 2.05) is 30.5 Å². The standard InChI is InChI=1S/C14H18N2O/c1-17-10-4-6-13(15)11-8-9-16-14-7-3-2-5-12(11)14/h2-3,5,7-9,13H,4,6,10,15H2,1H3. The van der Waals surface area contributed by atoms with Crippen molar-refractivity contribution in [1.82, 2.24) is 4.98 Å². The van der Waals surface area contributed by atoms with Gasteiger partial charge in [-0.1, -0.05) is 18.2 Å². The number of para-hydroxylation sites is 1. The monoisotopic (exact) mass is 230 g/mol. The minimum absolute atomic E-state index is 0.0537. The Morgan fingerprint density at radius 1 is 1.29 bits per heavy atom. The van der Waals surface area contributed by atoms with Crippen LogP contribution in [0.15, 0.2) is 36.5 Å². The molecule has 2 N–H and O–H groups in total. The minimum atomic E-state index is 0.0537. The molecule has 2 rings (SSSR count). The van der Waals surface area contributed by atoms with Crippen molar-refractivity contribution < 1.29 is 4.74 Å². The highest BCUT2D eigenvalue weighted by Crippen LogP contribution is 2.23. The maximum Gasteiger partial charge on any atom is 0.0705 e. The number of aromatic nitrogens is 1. The van der Waals surface area contributed by atoms with Crippen molar-refractivity contribution >= 4 is 10.9 Å². The molecule has 3 heteroatoms. The number of benzene rings is 1. The Morgan fingerprint density at radius 3 is 2.94 bits per heavy atom. The molecule has 1 unspecified atom stereocenters. The SMILES string of the molecule is COCCCC(N)c1ccnc2ccccc12. The van der Waals surface area contributed by atoms with Crippen LogP contribution in [-0.2, 0) is 4.74 Å². The Balaban J connectivity index is 2.22. The molecule has 90 valence electrons. The molecule has 0 bridgehead atoms. The van der Waals surface area contributed by atoms with Crippen molar-refractivity contribution in [3.05, 3.63) is 42.1 Å². The quantitative estimate of drug-likeness (QED) is 0.803. The van der Waals surface area contributed by atoms with Gasteiger partial charge in [-0.15, -0.1) is 0 Å². The minimum Gasteiger partial charge on any atom is -0.385 e. The van der Waals surface area contributed by atoms with Crippen LogP contribution in [-0.4, -0.2) is 18.7 Å². The number of hydrogen-bond acceptors (Lipinski definition) is 3. The van der Waals surface area contributed by atoms with Crippen LogP contribution < -0.4 is 5.73 Å². The molecule has 2 aromatic rings. The zero-order valence-corrected chi connectivity index (χ0v) is 10.1. The number of nitrogens with zero attached hydrogens (tertiary/aromatic N) is 1. The van der Waals surface area contributed by atoms with E-state index in [1.54, 1.807) is 7.11 Å². The van der Waals surface area contributed by atoms with E-state index in [1.165, 1.54) is 5.56 Å². The molecule has 0 saturated carbocycles. The molecular weight excluding hydrogens is 212 g/mol. The van der Waals surface area contributed by atoms with Gasteiger partial charge in [0.25, 0.3) is 0 Å². The second kappa shape index (κ2) is 5.75. The average Bonchev–Trinajstić information content (AvgIpc) is 2.38. The van der Waals surface area contributed by atoms with E-state index in [0.29, 0.717) is 0 Å². The summed E-state index contributed by atoms with van der Waals surface area (Å²) >= 11 is 0. The van der Waals surface area contributed by atoms with Crippen LogP contribution in [0.3, 0.4) is 0 Å².